The molecule has 0 bridgehead atoms. The molecule has 0 aliphatic carbocycles. The number of aromatic nitrogens is 2. The van der Waals surface area contributed by atoms with Crippen LogP contribution in [0.25, 0.3) is 15.9 Å². The smallest absolute Gasteiger partial charge is 0.294 e. The van der Waals surface area contributed by atoms with E-state index >= 15 is 0 Å². The van der Waals surface area contributed by atoms with E-state index in [0.717, 1.165) is 35.2 Å². The molecule has 0 atom stereocenters. The number of benzene rings is 2. The van der Waals surface area contributed by atoms with Gasteiger partial charge in [0.15, 0.2) is 5.69 Å². The second-order valence-corrected chi connectivity index (χ2v) is 8.66. The van der Waals surface area contributed by atoms with Crippen molar-refractivity contribution in [3.63, 3.8) is 0 Å². The van der Waals surface area contributed by atoms with Crippen molar-refractivity contribution in [3.8, 4) is 0 Å². The Kier molecular flexibility index (Phi) is 5.87. The third-order valence-corrected chi connectivity index (χ3v) is 6.36. The minimum atomic E-state index is -4.41. The molecule has 0 saturated carbocycles. The molecule has 5 rings (SSSR count). The van der Waals surface area contributed by atoms with Gasteiger partial charge >= 0.3 is 6.18 Å². The molecule has 3 heterocycles. The topological polar surface area (TPSA) is 42.5 Å². The Morgan fingerprint density at radius 2 is 1.77 bits per heavy atom. The Morgan fingerprint density at radius 1 is 0.971 bits per heavy atom. The van der Waals surface area contributed by atoms with Gasteiger partial charge in [-0.15, -0.1) is 0 Å². The molecule has 0 spiro atoms. The van der Waals surface area contributed by atoms with Crippen LogP contribution >= 0.6 is 0 Å². The number of nitrogens with zero attached hydrogens (tertiary/aromatic N) is 4. The molecule has 5 nitrogen and oxygen atoms in total. The normalized spacial score (nSPS) is 14.0. The highest BCUT2D eigenvalue weighted by Crippen LogP contribution is 2.30. The number of pyridine rings is 2. The average molecular weight is 474 g/mol. The lowest BCUT2D eigenvalue weighted by molar-refractivity contribution is -0.137. The van der Waals surface area contributed by atoms with Gasteiger partial charge in [-0.3, -0.25) is 14.3 Å². The number of fused-ring (bicyclic) bond motifs is 3. The van der Waals surface area contributed by atoms with Crippen LogP contribution in [0.4, 0.5) is 18.9 Å². The van der Waals surface area contributed by atoms with Crippen molar-refractivity contribution in [1.82, 2.24) is 14.5 Å². The zero-order valence-electron chi connectivity index (χ0n) is 18.7. The van der Waals surface area contributed by atoms with Gasteiger partial charge < -0.3 is 0 Å². The predicted octanol–water partition coefficient (Wildman–Crippen LogP) is 5.57. The highest BCUT2D eigenvalue weighted by Gasteiger charge is 2.30. The van der Waals surface area contributed by atoms with Gasteiger partial charge in [-0.1, -0.05) is 36.4 Å². The number of hydrogen-bond acceptors (Lipinski definition) is 3. The molecular weight excluding hydrogens is 453 g/mol. The van der Waals surface area contributed by atoms with Gasteiger partial charge in [-0.25, -0.2) is 9.83 Å². The maximum Gasteiger partial charge on any atom is 0.416 e. The third kappa shape index (κ3) is 4.55. The lowest BCUT2D eigenvalue weighted by atomic mass is 9.97. The van der Waals surface area contributed by atoms with E-state index in [4.69, 9.17) is 6.57 Å². The summed E-state index contributed by atoms with van der Waals surface area (Å²) in [6.07, 6.45) is -2.10. The molecule has 0 amide bonds. The van der Waals surface area contributed by atoms with Crippen LogP contribution in [0, 0.1) is 6.57 Å². The summed E-state index contributed by atoms with van der Waals surface area (Å²) in [5.41, 5.74) is 3.49. The molecule has 1 aliphatic rings. The summed E-state index contributed by atoms with van der Waals surface area (Å²) >= 11 is 0. The second-order valence-electron chi connectivity index (χ2n) is 8.66. The van der Waals surface area contributed by atoms with Crippen molar-refractivity contribution in [2.75, 3.05) is 6.54 Å². The molecule has 4 aromatic rings. The zero-order valence-corrected chi connectivity index (χ0v) is 18.7. The van der Waals surface area contributed by atoms with Crippen LogP contribution in [-0.2, 0) is 32.2 Å². The fraction of sp³-hybridized carbons (Fsp3) is 0.222. The lowest BCUT2D eigenvalue weighted by Crippen LogP contribution is -2.37. The molecule has 176 valence electrons. The lowest BCUT2D eigenvalue weighted by Gasteiger charge is -2.30. The summed E-state index contributed by atoms with van der Waals surface area (Å²) in [7, 11) is 0. The Labute approximate surface area is 199 Å². The van der Waals surface area contributed by atoms with Crippen molar-refractivity contribution < 1.29 is 13.2 Å². The molecule has 0 N–H and O–H groups in total. The van der Waals surface area contributed by atoms with E-state index in [1.165, 1.54) is 12.1 Å². The predicted molar refractivity (Wildman–Crippen MR) is 127 cm³/mol. The summed E-state index contributed by atoms with van der Waals surface area (Å²) in [5, 5.41) is 0.892. The van der Waals surface area contributed by atoms with E-state index in [2.05, 4.69) is 14.7 Å². The van der Waals surface area contributed by atoms with Crippen LogP contribution in [0.3, 0.4) is 0 Å². The first-order valence-corrected chi connectivity index (χ1v) is 11.2. The van der Waals surface area contributed by atoms with Gasteiger partial charge in [-0.2, -0.15) is 13.2 Å². The SMILES string of the molecule is [C-]#[N+]c1cccc(CN2CCc3c(c(=O)n(Cc4ccc(C(F)(F)F)cc4)c4ncccc34)C2)c1. The minimum Gasteiger partial charge on any atom is -0.294 e. The van der Waals surface area contributed by atoms with Crippen LogP contribution in [-0.4, -0.2) is 21.0 Å². The fourth-order valence-electron chi connectivity index (χ4n) is 4.67. The molecule has 2 aromatic heterocycles. The maximum atomic E-state index is 13.6. The summed E-state index contributed by atoms with van der Waals surface area (Å²) < 4.78 is 40.4. The first-order valence-electron chi connectivity index (χ1n) is 11.2. The van der Waals surface area contributed by atoms with E-state index in [9.17, 15) is 18.0 Å². The fourth-order valence-corrected chi connectivity index (χ4v) is 4.67. The quantitative estimate of drug-likeness (QED) is 0.363. The Balaban J connectivity index is 1.50. The van der Waals surface area contributed by atoms with Crippen molar-refractivity contribution in [2.45, 2.75) is 32.2 Å². The zero-order chi connectivity index (χ0) is 24.6. The van der Waals surface area contributed by atoms with Crippen molar-refractivity contribution in [1.29, 1.82) is 0 Å². The largest absolute Gasteiger partial charge is 0.416 e. The Morgan fingerprint density at radius 3 is 2.51 bits per heavy atom. The molecular formula is C27H21F3N4O. The van der Waals surface area contributed by atoms with E-state index < -0.39 is 11.7 Å². The van der Waals surface area contributed by atoms with Crippen molar-refractivity contribution >= 4 is 16.7 Å². The summed E-state index contributed by atoms with van der Waals surface area (Å²) in [6.45, 7) is 9.19. The Bertz CT molecular complexity index is 1500. The summed E-state index contributed by atoms with van der Waals surface area (Å²) in [6, 6.07) is 16.1. The van der Waals surface area contributed by atoms with Crippen molar-refractivity contribution in [3.05, 3.63) is 116 Å². The summed E-state index contributed by atoms with van der Waals surface area (Å²) in [5.74, 6) is 0. The highest BCUT2D eigenvalue weighted by molar-refractivity contribution is 5.80. The van der Waals surface area contributed by atoms with Crippen LogP contribution in [0.1, 0.15) is 27.8 Å². The monoisotopic (exact) mass is 474 g/mol. The Hall–Kier alpha value is -3.96. The van der Waals surface area contributed by atoms with Crippen LogP contribution in [0.2, 0.25) is 0 Å². The molecule has 0 fully saturated rings. The highest BCUT2D eigenvalue weighted by atomic mass is 19.4. The van der Waals surface area contributed by atoms with Gasteiger partial charge in [0.1, 0.15) is 5.65 Å². The van der Waals surface area contributed by atoms with Crippen molar-refractivity contribution in [2.24, 2.45) is 0 Å². The molecule has 8 heteroatoms. The molecule has 0 unspecified atom stereocenters. The minimum absolute atomic E-state index is 0.130. The van der Waals surface area contributed by atoms with E-state index in [1.54, 1.807) is 16.8 Å². The number of rotatable bonds is 4. The first-order chi connectivity index (χ1) is 16.8. The first kappa shape index (κ1) is 22.8. The van der Waals surface area contributed by atoms with Gasteiger partial charge in [0.05, 0.1) is 18.7 Å². The van der Waals surface area contributed by atoms with E-state index in [-0.39, 0.29) is 12.1 Å². The summed E-state index contributed by atoms with van der Waals surface area (Å²) in [4.78, 5) is 23.7. The molecule has 0 saturated heterocycles. The van der Waals surface area contributed by atoms with Crippen LogP contribution < -0.4 is 5.56 Å². The van der Waals surface area contributed by atoms with Gasteiger partial charge in [-0.05, 0) is 47.4 Å². The molecule has 1 aliphatic heterocycles. The van der Waals surface area contributed by atoms with E-state index in [0.29, 0.717) is 42.0 Å². The molecule has 35 heavy (non-hydrogen) atoms. The third-order valence-electron chi connectivity index (χ3n) is 6.36. The second kappa shape index (κ2) is 9.01. The maximum absolute atomic E-state index is 13.6. The standard InChI is InChI=1S/C27H21F3N4O/c1-31-21-5-2-4-19(14-21)15-33-13-11-22-23-6-3-12-32-25(23)34(26(35)24(22)17-33)16-18-7-9-20(10-8-18)27(28,29)30/h2-10,12,14H,11,13,15-17H2. The van der Waals surface area contributed by atoms with Gasteiger partial charge in [0, 0.05) is 36.8 Å². The number of halogens is 3. The number of alkyl halides is 3. The van der Waals surface area contributed by atoms with E-state index in [1.807, 2.05) is 30.3 Å². The molecule has 0 radical (unpaired) electrons. The average Bonchev–Trinajstić information content (AvgIpc) is 2.86. The van der Waals surface area contributed by atoms with Gasteiger partial charge in [0.25, 0.3) is 5.56 Å². The number of hydrogen-bond donors (Lipinski definition) is 0. The van der Waals surface area contributed by atoms with Crippen LogP contribution in [0.15, 0.2) is 71.7 Å². The van der Waals surface area contributed by atoms with Crippen LogP contribution in [0.5, 0.6) is 0 Å². The van der Waals surface area contributed by atoms with Gasteiger partial charge in [0.2, 0.25) is 0 Å². The molecule has 2 aromatic carbocycles.